The van der Waals surface area contributed by atoms with E-state index in [0.29, 0.717) is 34.1 Å². The number of hydrogen-bond acceptors (Lipinski definition) is 6. The molecule has 0 bridgehead atoms. The highest BCUT2D eigenvalue weighted by Gasteiger charge is 2.52. The van der Waals surface area contributed by atoms with Crippen molar-refractivity contribution in [1.29, 1.82) is 5.26 Å². The molecule has 200 valence electrons. The number of nitrogens with two attached hydrogens (primary N) is 1. The van der Waals surface area contributed by atoms with Crippen LogP contribution in [0.1, 0.15) is 101 Å². The Morgan fingerprint density at radius 1 is 1.11 bits per heavy atom. The van der Waals surface area contributed by atoms with Crippen LogP contribution in [0, 0.1) is 18.2 Å². The minimum atomic E-state index is -0.597. The molecule has 1 aromatic carbocycles. The number of rotatable bonds is 6. The fourth-order valence-electron chi connectivity index (χ4n) is 3.81. The first-order chi connectivity index (χ1) is 16.2. The molecule has 8 heteroatoms. The van der Waals surface area contributed by atoms with Crippen molar-refractivity contribution in [2.24, 2.45) is 0 Å². The third kappa shape index (κ3) is 9.28. The van der Waals surface area contributed by atoms with Crippen LogP contribution >= 0.6 is 0 Å². The molecule has 1 atom stereocenters. The van der Waals surface area contributed by atoms with E-state index in [4.69, 9.17) is 25.0 Å². The molecule has 3 N–H and O–H groups in total. The van der Waals surface area contributed by atoms with Gasteiger partial charge in [-0.1, -0.05) is 79.9 Å². The third-order valence-corrected chi connectivity index (χ3v) is 6.51. The number of hydrogen-bond donors (Lipinski definition) is 2. The Morgan fingerprint density at radius 3 is 1.91 bits per heavy atom. The summed E-state index contributed by atoms with van der Waals surface area (Å²) in [6, 6.07) is 1.54. The molecule has 35 heavy (non-hydrogen) atoms. The number of nitrogens with zero attached hydrogens (tertiary/aromatic N) is 1. The number of methoxy groups -OCH3 is 1. The van der Waals surface area contributed by atoms with E-state index in [2.05, 4.69) is 33.7 Å². The lowest BCUT2D eigenvalue weighted by atomic mass is 9.35. The van der Waals surface area contributed by atoms with Crippen molar-refractivity contribution >= 4 is 25.0 Å². The van der Waals surface area contributed by atoms with Crippen molar-refractivity contribution in [3.05, 3.63) is 11.6 Å². The normalized spacial score (nSPS) is 15.9. The number of aromatic hydroxyl groups is 1. The van der Waals surface area contributed by atoms with Crippen molar-refractivity contribution in [1.82, 2.24) is 0 Å². The van der Waals surface area contributed by atoms with Crippen molar-refractivity contribution in [2.75, 3.05) is 12.8 Å². The maximum absolute atomic E-state index is 9.93. The lowest BCUT2D eigenvalue weighted by molar-refractivity contribution is 0.00578. The van der Waals surface area contributed by atoms with Gasteiger partial charge in [-0.3, -0.25) is 0 Å². The molecule has 1 fully saturated rings. The van der Waals surface area contributed by atoms with Gasteiger partial charge < -0.3 is 24.9 Å². The van der Waals surface area contributed by atoms with Gasteiger partial charge in [-0.15, -0.1) is 0 Å². The highest BCUT2D eigenvalue weighted by atomic mass is 16.7. The van der Waals surface area contributed by atoms with Crippen LogP contribution in [0.5, 0.6) is 11.5 Å². The van der Waals surface area contributed by atoms with Gasteiger partial charge in [0.15, 0.2) is 0 Å². The van der Waals surface area contributed by atoms with Gasteiger partial charge in [0, 0.05) is 17.0 Å². The Bertz CT molecular complexity index is 776. The predicted molar refractivity (Wildman–Crippen MR) is 153 cm³/mol. The van der Waals surface area contributed by atoms with Gasteiger partial charge in [0.05, 0.1) is 24.0 Å². The molecule has 0 radical (unpaired) electrons. The first-order valence-electron chi connectivity index (χ1n) is 13.1. The fraction of sp³-hybridized carbons (Fsp3) is 0.741. The smallest absolute Gasteiger partial charge is 0.498 e. The molecular formula is C27H52B2N2O4. The van der Waals surface area contributed by atoms with E-state index >= 15 is 0 Å². The van der Waals surface area contributed by atoms with E-state index in [9.17, 15) is 5.11 Å². The number of phenolic OH excluding ortho intramolecular Hbond substituents is 1. The number of nitrogen functional groups attached to an aromatic ring is 1. The molecule has 1 saturated heterocycles. The van der Waals surface area contributed by atoms with Crippen molar-refractivity contribution in [3.8, 4) is 17.5 Å². The first-order valence-corrected chi connectivity index (χ1v) is 13.1. The van der Waals surface area contributed by atoms with Crippen molar-refractivity contribution in [3.63, 3.8) is 0 Å². The van der Waals surface area contributed by atoms with Gasteiger partial charge in [0.1, 0.15) is 11.5 Å². The molecule has 1 unspecified atom stereocenters. The predicted octanol–water partition coefficient (Wildman–Crippen LogP) is 6.79. The molecule has 1 aliphatic rings. The molecule has 6 nitrogen and oxygen atoms in total. The zero-order valence-corrected chi connectivity index (χ0v) is 25.0. The maximum Gasteiger partial charge on any atom is 0.498 e. The SMILES string of the molecule is CC.CC.CCCC(C)B(C#N)C(C)C.COc1c(B2OC(C)(C)C(C)(C)O2)cc(O)c(N)c1C. The monoisotopic (exact) mass is 490 g/mol. The molecule has 0 aromatic heterocycles. The second-order valence-electron chi connectivity index (χ2n) is 9.81. The summed E-state index contributed by atoms with van der Waals surface area (Å²) in [5, 5.41) is 18.8. The third-order valence-electron chi connectivity index (χ3n) is 6.51. The summed E-state index contributed by atoms with van der Waals surface area (Å²) >= 11 is 0. The van der Waals surface area contributed by atoms with Crippen LogP contribution in [-0.4, -0.2) is 37.2 Å². The zero-order chi connectivity index (χ0) is 28.1. The molecule has 1 heterocycles. The van der Waals surface area contributed by atoms with Crippen LogP contribution in [-0.2, 0) is 9.31 Å². The minimum absolute atomic E-state index is 0.00742. The van der Waals surface area contributed by atoms with Crippen LogP contribution in [0.2, 0.25) is 11.6 Å². The summed E-state index contributed by atoms with van der Waals surface area (Å²) in [7, 11) is 0.966. The topological polar surface area (TPSA) is 97.7 Å². The summed E-state index contributed by atoms with van der Waals surface area (Å²) in [5.74, 6) is 4.04. The van der Waals surface area contributed by atoms with Crippen molar-refractivity contribution in [2.45, 2.75) is 126 Å². The molecule has 1 aromatic rings. The minimum Gasteiger partial charge on any atom is -0.506 e. The summed E-state index contributed by atoms with van der Waals surface area (Å²) in [4.78, 5) is 0. The summed E-state index contributed by atoms with van der Waals surface area (Å²) in [6.45, 7) is 26.5. The zero-order valence-electron chi connectivity index (χ0n) is 25.0. The van der Waals surface area contributed by atoms with Gasteiger partial charge in [0.25, 0.3) is 6.71 Å². The van der Waals surface area contributed by atoms with Crippen LogP contribution in [0.25, 0.3) is 0 Å². The molecule has 0 aliphatic carbocycles. The first kappa shape index (κ1) is 35.3. The van der Waals surface area contributed by atoms with E-state index < -0.39 is 18.3 Å². The fourth-order valence-corrected chi connectivity index (χ4v) is 3.81. The lowest BCUT2D eigenvalue weighted by Gasteiger charge is -2.32. The molecule has 2 rings (SSSR count). The van der Waals surface area contributed by atoms with E-state index in [1.54, 1.807) is 20.1 Å². The van der Waals surface area contributed by atoms with Crippen LogP contribution in [0.3, 0.4) is 0 Å². The Balaban J connectivity index is 0. The molecular weight excluding hydrogens is 438 g/mol. The molecule has 0 amide bonds. The lowest BCUT2D eigenvalue weighted by Crippen LogP contribution is -2.41. The average Bonchev–Trinajstić information content (AvgIpc) is 3.02. The van der Waals surface area contributed by atoms with Gasteiger partial charge in [-0.2, -0.15) is 0 Å². The van der Waals surface area contributed by atoms with Gasteiger partial charge in [-0.25, -0.2) is 5.26 Å². The second-order valence-corrected chi connectivity index (χ2v) is 9.81. The number of ether oxygens (including phenoxy) is 1. The van der Waals surface area contributed by atoms with Crippen LogP contribution < -0.4 is 15.9 Å². The van der Waals surface area contributed by atoms with Crippen molar-refractivity contribution < 1.29 is 19.2 Å². The Kier molecular flexibility index (Phi) is 16.2. The second kappa shape index (κ2) is 16.0. The summed E-state index contributed by atoms with van der Waals surface area (Å²) in [6.07, 6.45) is 2.36. The van der Waals surface area contributed by atoms with Gasteiger partial charge in [0.2, 0.25) is 0 Å². The van der Waals surface area contributed by atoms with Crippen LogP contribution in [0.15, 0.2) is 6.07 Å². The van der Waals surface area contributed by atoms with E-state index in [0.717, 1.165) is 0 Å². The van der Waals surface area contributed by atoms with E-state index in [-0.39, 0.29) is 12.5 Å². The maximum atomic E-state index is 9.93. The molecule has 0 saturated carbocycles. The largest absolute Gasteiger partial charge is 0.506 e. The molecule has 1 aliphatic heterocycles. The summed E-state index contributed by atoms with van der Waals surface area (Å²) < 4.78 is 17.4. The Morgan fingerprint density at radius 2 is 1.57 bits per heavy atom. The standard InChI is InChI=1S/C14H22BNO4.C9H18BN.2C2H6/c1-8-11(16)10(17)7-9(12(8)18-6)15-19-13(2,3)14(4,5)20-15;1-5-6-9(4)10(7-11)8(2)3;2*1-2/h7,17H,16H2,1-6H3;8-9H,5-6H2,1-4H3;2*1-2H3. The Hall–Kier alpha value is -1.84. The van der Waals surface area contributed by atoms with E-state index in [1.165, 1.54) is 12.8 Å². The van der Waals surface area contributed by atoms with Gasteiger partial charge in [-0.05, 0) is 40.7 Å². The van der Waals surface area contributed by atoms with Crippen LogP contribution in [0.4, 0.5) is 5.69 Å². The van der Waals surface area contributed by atoms with Gasteiger partial charge >= 0.3 is 7.12 Å². The highest BCUT2D eigenvalue weighted by Crippen LogP contribution is 2.39. The highest BCUT2D eigenvalue weighted by molar-refractivity contribution is 6.69. The number of anilines is 1. The number of phenols is 1. The van der Waals surface area contributed by atoms with E-state index in [1.807, 2.05) is 55.4 Å². The number of nitriles is 1. The number of benzene rings is 1. The average molecular weight is 490 g/mol. The Labute approximate surface area is 217 Å². The summed E-state index contributed by atoms with van der Waals surface area (Å²) in [5.41, 5.74) is 6.55. The quantitative estimate of drug-likeness (QED) is 0.259. The molecule has 0 spiro atoms.